The third kappa shape index (κ3) is 17.5. The highest BCUT2D eigenvalue weighted by atomic mass is 16.6. The summed E-state index contributed by atoms with van der Waals surface area (Å²) in [6.45, 7) is 4.18. The monoisotopic (exact) mass is 339 g/mol. The summed E-state index contributed by atoms with van der Waals surface area (Å²) in [5.41, 5.74) is 5.58. The number of hydrogen-bond donors (Lipinski definition) is 1. The molecule has 0 fully saturated rings. The molecule has 0 heterocycles. The zero-order valence-electron chi connectivity index (χ0n) is 16.2. The predicted molar refractivity (Wildman–Crippen MR) is 104 cm³/mol. The average molecular weight is 340 g/mol. The fourth-order valence-electron chi connectivity index (χ4n) is 2.65. The second-order valence-corrected chi connectivity index (χ2v) is 6.77. The number of rotatable bonds is 17. The highest BCUT2D eigenvalue weighted by Gasteiger charge is 2.06. The Morgan fingerprint density at radius 1 is 0.833 bits per heavy atom. The van der Waals surface area contributed by atoms with E-state index in [0.29, 0.717) is 12.8 Å². The van der Waals surface area contributed by atoms with Gasteiger partial charge in [-0.3, -0.25) is 10.5 Å². The molecule has 0 amide bonds. The quantitative estimate of drug-likeness (QED) is 0.147. The summed E-state index contributed by atoms with van der Waals surface area (Å²) in [4.78, 5) is 11.4. The Hall–Kier alpha value is -0.830. The summed E-state index contributed by atoms with van der Waals surface area (Å²) < 4.78 is 5.05. The Labute approximate surface area is 150 Å². The van der Waals surface area contributed by atoms with E-state index in [9.17, 15) is 4.79 Å². The SMILES string of the molecule is CCCCCCCC/C=C/CCCCCCCC(=O)OC(N)CC. The smallest absolute Gasteiger partial charge is 0.307 e. The summed E-state index contributed by atoms with van der Waals surface area (Å²) in [6, 6.07) is 0. The first-order valence-electron chi connectivity index (χ1n) is 10.3. The molecule has 1 unspecified atom stereocenters. The molecule has 1 atom stereocenters. The van der Waals surface area contributed by atoms with Gasteiger partial charge in [0.2, 0.25) is 0 Å². The van der Waals surface area contributed by atoms with E-state index in [-0.39, 0.29) is 5.97 Å². The van der Waals surface area contributed by atoms with Gasteiger partial charge in [0.1, 0.15) is 0 Å². The highest BCUT2D eigenvalue weighted by Crippen LogP contribution is 2.10. The Morgan fingerprint density at radius 2 is 1.33 bits per heavy atom. The number of carbonyl (C=O) groups excluding carboxylic acids is 1. The van der Waals surface area contributed by atoms with E-state index in [0.717, 1.165) is 12.8 Å². The van der Waals surface area contributed by atoms with Gasteiger partial charge in [-0.1, -0.05) is 77.4 Å². The lowest BCUT2D eigenvalue weighted by Crippen LogP contribution is -2.25. The van der Waals surface area contributed by atoms with Crippen LogP contribution in [0, 0.1) is 0 Å². The number of allylic oxidation sites excluding steroid dienone is 2. The van der Waals surface area contributed by atoms with Crippen molar-refractivity contribution in [3.05, 3.63) is 12.2 Å². The maximum Gasteiger partial charge on any atom is 0.307 e. The van der Waals surface area contributed by atoms with Crippen LogP contribution in [0.5, 0.6) is 0 Å². The van der Waals surface area contributed by atoms with E-state index in [1.54, 1.807) is 0 Å². The molecule has 2 N–H and O–H groups in total. The minimum Gasteiger partial charge on any atom is -0.447 e. The third-order valence-corrected chi connectivity index (χ3v) is 4.33. The van der Waals surface area contributed by atoms with Crippen LogP contribution in [-0.4, -0.2) is 12.2 Å². The van der Waals surface area contributed by atoms with E-state index in [1.165, 1.54) is 70.6 Å². The predicted octanol–water partition coefficient (Wildman–Crippen LogP) is 6.26. The molecule has 0 saturated carbocycles. The topological polar surface area (TPSA) is 52.3 Å². The van der Waals surface area contributed by atoms with Crippen molar-refractivity contribution < 1.29 is 9.53 Å². The molecule has 3 heteroatoms. The van der Waals surface area contributed by atoms with Crippen LogP contribution < -0.4 is 5.73 Å². The molecule has 0 aliphatic rings. The van der Waals surface area contributed by atoms with Crippen LogP contribution in [0.2, 0.25) is 0 Å². The molecule has 0 bridgehead atoms. The van der Waals surface area contributed by atoms with Crippen LogP contribution in [0.1, 0.15) is 110 Å². The molecular formula is C21H41NO2. The lowest BCUT2D eigenvalue weighted by atomic mass is 10.1. The van der Waals surface area contributed by atoms with Gasteiger partial charge in [-0.05, 0) is 38.5 Å². The molecule has 3 nitrogen and oxygen atoms in total. The maximum absolute atomic E-state index is 11.4. The second kappa shape index (κ2) is 18.5. The lowest BCUT2D eigenvalue weighted by Gasteiger charge is -2.10. The molecule has 0 rings (SSSR count). The summed E-state index contributed by atoms with van der Waals surface area (Å²) in [5.74, 6) is -0.151. The van der Waals surface area contributed by atoms with Crippen LogP contribution in [0.4, 0.5) is 0 Å². The van der Waals surface area contributed by atoms with Crippen LogP contribution in [0.25, 0.3) is 0 Å². The number of unbranched alkanes of at least 4 members (excludes halogenated alkanes) is 11. The van der Waals surface area contributed by atoms with Gasteiger partial charge in [0, 0.05) is 6.42 Å². The third-order valence-electron chi connectivity index (χ3n) is 4.33. The van der Waals surface area contributed by atoms with Gasteiger partial charge in [0.25, 0.3) is 0 Å². The summed E-state index contributed by atoms with van der Waals surface area (Å²) in [7, 11) is 0. The molecule has 0 aromatic carbocycles. The van der Waals surface area contributed by atoms with Crippen LogP contribution in [0.15, 0.2) is 12.2 Å². The fraction of sp³-hybridized carbons (Fsp3) is 0.857. The highest BCUT2D eigenvalue weighted by molar-refractivity contribution is 5.69. The molecule has 142 valence electrons. The summed E-state index contributed by atoms with van der Waals surface area (Å²) >= 11 is 0. The molecule has 24 heavy (non-hydrogen) atoms. The zero-order chi connectivity index (χ0) is 17.9. The van der Waals surface area contributed by atoms with Crippen molar-refractivity contribution in [3.8, 4) is 0 Å². The van der Waals surface area contributed by atoms with E-state index in [4.69, 9.17) is 10.5 Å². The van der Waals surface area contributed by atoms with E-state index in [1.807, 2.05) is 6.92 Å². The Kier molecular flexibility index (Phi) is 17.9. The van der Waals surface area contributed by atoms with Crippen LogP contribution >= 0.6 is 0 Å². The number of esters is 1. The Morgan fingerprint density at radius 3 is 1.88 bits per heavy atom. The number of carbonyl (C=O) groups is 1. The summed E-state index contributed by atoms with van der Waals surface area (Å²) in [6.07, 6.45) is 21.9. The van der Waals surface area contributed by atoms with Crippen molar-refractivity contribution >= 4 is 5.97 Å². The van der Waals surface area contributed by atoms with E-state index < -0.39 is 6.23 Å². The van der Waals surface area contributed by atoms with Gasteiger partial charge >= 0.3 is 5.97 Å². The lowest BCUT2D eigenvalue weighted by molar-refractivity contribution is -0.149. The molecule has 0 radical (unpaired) electrons. The van der Waals surface area contributed by atoms with Crippen molar-refractivity contribution in [3.63, 3.8) is 0 Å². The van der Waals surface area contributed by atoms with Crippen molar-refractivity contribution in [2.24, 2.45) is 5.73 Å². The van der Waals surface area contributed by atoms with Gasteiger partial charge in [-0.25, -0.2) is 0 Å². The molecular weight excluding hydrogens is 298 g/mol. The molecule has 0 aliphatic heterocycles. The van der Waals surface area contributed by atoms with Crippen LogP contribution in [-0.2, 0) is 9.53 Å². The Balaban J connectivity index is 3.22. The Bertz CT molecular complexity index is 302. The van der Waals surface area contributed by atoms with Gasteiger partial charge in [0.15, 0.2) is 6.23 Å². The molecule has 0 spiro atoms. The number of nitrogens with two attached hydrogens (primary N) is 1. The first kappa shape index (κ1) is 23.2. The van der Waals surface area contributed by atoms with E-state index >= 15 is 0 Å². The number of ether oxygens (including phenoxy) is 1. The van der Waals surface area contributed by atoms with Crippen molar-refractivity contribution in [2.75, 3.05) is 0 Å². The number of hydrogen-bond acceptors (Lipinski definition) is 3. The molecule has 0 aliphatic carbocycles. The van der Waals surface area contributed by atoms with Gasteiger partial charge < -0.3 is 4.74 Å². The van der Waals surface area contributed by atoms with Crippen molar-refractivity contribution in [2.45, 2.75) is 116 Å². The minimum absolute atomic E-state index is 0.151. The molecule has 0 saturated heterocycles. The van der Waals surface area contributed by atoms with Gasteiger partial charge in [-0.15, -0.1) is 0 Å². The molecule has 0 aromatic heterocycles. The van der Waals surface area contributed by atoms with Crippen molar-refractivity contribution in [1.82, 2.24) is 0 Å². The zero-order valence-corrected chi connectivity index (χ0v) is 16.2. The molecule has 0 aromatic rings. The second-order valence-electron chi connectivity index (χ2n) is 6.77. The summed E-state index contributed by atoms with van der Waals surface area (Å²) in [5, 5.41) is 0. The average Bonchev–Trinajstić information content (AvgIpc) is 2.58. The van der Waals surface area contributed by atoms with Crippen LogP contribution in [0.3, 0.4) is 0 Å². The normalized spacial score (nSPS) is 12.6. The standard InChI is InChI=1S/C21H41NO2/c1-3-5-6-7-8-9-10-11-12-13-14-15-16-17-18-19-21(23)24-20(22)4-2/h11-12,20H,3-10,13-19,22H2,1-2H3/b12-11+. The largest absolute Gasteiger partial charge is 0.447 e. The minimum atomic E-state index is -0.430. The first-order valence-corrected chi connectivity index (χ1v) is 10.3. The van der Waals surface area contributed by atoms with Crippen molar-refractivity contribution in [1.29, 1.82) is 0 Å². The van der Waals surface area contributed by atoms with E-state index in [2.05, 4.69) is 19.1 Å². The first-order chi connectivity index (χ1) is 11.7. The fourth-order valence-corrected chi connectivity index (χ4v) is 2.65. The van der Waals surface area contributed by atoms with Gasteiger partial charge in [0.05, 0.1) is 0 Å². The maximum atomic E-state index is 11.4. The van der Waals surface area contributed by atoms with Gasteiger partial charge in [-0.2, -0.15) is 0 Å².